The number of rotatable bonds is 0. The number of aryl methyl sites for hydroxylation is 1. The van der Waals surface area contributed by atoms with Crippen LogP contribution in [0.4, 0.5) is 0 Å². The molecule has 0 aromatic carbocycles. The average molecular weight is 188 g/mol. The standard InChI is InChI=1S/C8H13N3.ClH/c1-6-10-5-8-4-7(9)2-3-11(6)8;/h5,7H,2-4,9H2,1H3;1H. The zero-order valence-electron chi connectivity index (χ0n) is 7.16. The van der Waals surface area contributed by atoms with Gasteiger partial charge in [0.1, 0.15) is 5.82 Å². The molecule has 0 amide bonds. The van der Waals surface area contributed by atoms with Crippen LogP contribution in [0.5, 0.6) is 0 Å². The van der Waals surface area contributed by atoms with Gasteiger partial charge in [-0.1, -0.05) is 0 Å². The van der Waals surface area contributed by atoms with E-state index in [-0.39, 0.29) is 12.4 Å². The van der Waals surface area contributed by atoms with E-state index in [1.54, 1.807) is 0 Å². The van der Waals surface area contributed by atoms with Crippen molar-refractivity contribution in [2.24, 2.45) is 5.73 Å². The van der Waals surface area contributed by atoms with Crippen molar-refractivity contribution in [1.29, 1.82) is 0 Å². The van der Waals surface area contributed by atoms with E-state index in [0.717, 1.165) is 25.2 Å². The third-order valence-electron chi connectivity index (χ3n) is 2.33. The van der Waals surface area contributed by atoms with Crippen molar-refractivity contribution in [1.82, 2.24) is 9.55 Å². The molecule has 2 N–H and O–H groups in total. The molecule has 1 unspecified atom stereocenters. The predicted octanol–water partition coefficient (Wildman–Crippen LogP) is 0.887. The third kappa shape index (κ3) is 1.47. The minimum absolute atomic E-state index is 0. The lowest BCUT2D eigenvalue weighted by Gasteiger charge is -2.20. The summed E-state index contributed by atoms with van der Waals surface area (Å²) in [7, 11) is 0. The molecule has 1 atom stereocenters. The van der Waals surface area contributed by atoms with Crippen molar-refractivity contribution in [3.05, 3.63) is 17.7 Å². The van der Waals surface area contributed by atoms with E-state index in [0.29, 0.717) is 6.04 Å². The van der Waals surface area contributed by atoms with Crippen LogP contribution in [0.2, 0.25) is 0 Å². The van der Waals surface area contributed by atoms with E-state index in [1.165, 1.54) is 5.69 Å². The largest absolute Gasteiger partial charge is 0.332 e. The maximum atomic E-state index is 5.82. The lowest BCUT2D eigenvalue weighted by atomic mass is 10.1. The van der Waals surface area contributed by atoms with Gasteiger partial charge in [-0.25, -0.2) is 4.98 Å². The molecule has 2 heterocycles. The Hall–Kier alpha value is -0.540. The van der Waals surface area contributed by atoms with Crippen LogP contribution in [0.3, 0.4) is 0 Å². The first-order chi connectivity index (χ1) is 5.27. The van der Waals surface area contributed by atoms with Crippen LogP contribution < -0.4 is 5.73 Å². The van der Waals surface area contributed by atoms with Gasteiger partial charge in [0.15, 0.2) is 0 Å². The molecule has 12 heavy (non-hydrogen) atoms. The van der Waals surface area contributed by atoms with Gasteiger partial charge in [0.2, 0.25) is 0 Å². The van der Waals surface area contributed by atoms with E-state index in [9.17, 15) is 0 Å². The van der Waals surface area contributed by atoms with Crippen LogP contribution in [0, 0.1) is 6.92 Å². The van der Waals surface area contributed by atoms with Gasteiger partial charge in [-0.2, -0.15) is 0 Å². The van der Waals surface area contributed by atoms with Gasteiger partial charge >= 0.3 is 0 Å². The topological polar surface area (TPSA) is 43.8 Å². The van der Waals surface area contributed by atoms with E-state index in [2.05, 4.69) is 9.55 Å². The summed E-state index contributed by atoms with van der Waals surface area (Å²) in [6.07, 6.45) is 4.01. The molecular weight excluding hydrogens is 174 g/mol. The van der Waals surface area contributed by atoms with Crippen LogP contribution in [0.15, 0.2) is 6.20 Å². The fraction of sp³-hybridized carbons (Fsp3) is 0.625. The van der Waals surface area contributed by atoms with Gasteiger partial charge < -0.3 is 10.3 Å². The fourth-order valence-electron chi connectivity index (χ4n) is 1.65. The third-order valence-corrected chi connectivity index (χ3v) is 2.33. The summed E-state index contributed by atoms with van der Waals surface area (Å²) >= 11 is 0. The van der Waals surface area contributed by atoms with Crippen LogP contribution in [0.25, 0.3) is 0 Å². The summed E-state index contributed by atoms with van der Waals surface area (Å²) in [6, 6.07) is 0.346. The Morgan fingerprint density at radius 3 is 3.17 bits per heavy atom. The van der Waals surface area contributed by atoms with Crippen LogP contribution in [-0.4, -0.2) is 15.6 Å². The predicted molar refractivity (Wildman–Crippen MR) is 50.5 cm³/mol. The number of imidazole rings is 1. The highest BCUT2D eigenvalue weighted by Gasteiger charge is 2.16. The van der Waals surface area contributed by atoms with Crippen LogP contribution in [-0.2, 0) is 13.0 Å². The molecule has 68 valence electrons. The maximum absolute atomic E-state index is 5.82. The Kier molecular flexibility index (Phi) is 2.75. The van der Waals surface area contributed by atoms with E-state index < -0.39 is 0 Å². The van der Waals surface area contributed by atoms with Crippen molar-refractivity contribution < 1.29 is 0 Å². The van der Waals surface area contributed by atoms with Crippen molar-refractivity contribution >= 4 is 12.4 Å². The Morgan fingerprint density at radius 2 is 2.42 bits per heavy atom. The Bertz CT molecular complexity index is 269. The van der Waals surface area contributed by atoms with Gasteiger partial charge in [0.25, 0.3) is 0 Å². The fourth-order valence-corrected chi connectivity index (χ4v) is 1.65. The number of aromatic nitrogens is 2. The van der Waals surface area contributed by atoms with Gasteiger partial charge in [-0.15, -0.1) is 12.4 Å². The Balaban J connectivity index is 0.000000720. The summed E-state index contributed by atoms with van der Waals surface area (Å²) in [4.78, 5) is 4.24. The molecule has 0 radical (unpaired) electrons. The van der Waals surface area contributed by atoms with Gasteiger partial charge in [-0.05, 0) is 13.3 Å². The Morgan fingerprint density at radius 1 is 1.67 bits per heavy atom. The van der Waals surface area contributed by atoms with Crippen molar-refractivity contribution in [2.75, 3.05) is 0 Å². The van der Waals surface area contributed by atoms with Crippen molar-refractivity contribution in [3.63, 3.8) is 0 Å². The molecule has 0 saturated heterocycles. The SMILES string of the molecule is Cc1ncc2n1CCC(N)C2.Cl. The number of hydrogen-bond acceptors (Lipinski definition) is 2. The lowest BCUT2D eigenvalue weighted by Crippen LogP contribution is -2.30. The molecule has 1 aromatic heterocycles. The average Bonchev–Trinajstić information content (AvgIpc) is 2.32. The smallest absolute Gasteiger partial charge is 0.105 e. The summed E-state index contributed by atoms with van der Waals surface area (Å²) in [5, 5.41) is 0. The second-order valence-electron chi connectivity index (χ2n) is 3.20. The van der Waals surface area contributed by atoms with Gasteiger partial charge in [-0.3, -0.25) is 0 Å². The molecule has 0 bridgehead atoms. The molecule has 3 nitrogen and oxygen atoms in total. The monoisotopic (exact) mass is 187 g/mol. The number of fused-ring (bicyclic) bond motifs is 1. The van der Waals surface area contributed by atoms with Crippen molar-refractivity contribution in [3.8, 4) is 0 Å². The highest BCUT2D eigenvalue weighted by Crippen LogP contribution is 2.14. The first kappa shape index (κ1) is 9.55. The summed E-state index contributed by atoms with van der Waals surface area (Å²) in [6.45, 7) is 3.09. The number of nitrogens with zero attached hydrogens (tertiary/aromatic N) is 2. The van der Waals surface area contributed by atoms with E-state index in [1.807, 2.05) is 13.1 Å². The minimum Gasteiger partial charge on any atom is -0.332 e. The molecule has 0 fully saturated rings. The highest BCUT2D eigenvalue weighted by molar-refractivity contribution is 5.85. The Labute approximate surface area is 78.4 Å². The molecule has 1 aliphatic rings. The zero-order chi connectivity index (χ0) is 7.84. The first-order valence-electron chi connectivity index (χ1n) is 4.04. The molecule has 1 aliphatic heterocycles. The van der Waals surface area contributed by atoms with E-state index >= 15 is 0 Å². The number of nitrogens with two attached hydrogens (primary N) is 1. The quantitative estimate of drug-likeness (QED) is 0.656. The summed E-state index contributed by atoms with van der Waals surface area (Å²) < 4.78 is 2.25. The zero-order valence-corrected chi connectivity index (χ0v) is 7.97. The molecule has 1 aromatic rings. The van der Waals surface area contributed by atoms with Crippen LogP contribution >= 0.6 is 12.4 Å². The molecule has 0 saturated carbocycles. The minimum atomic E-state index is 0. The molecule has 2 rings (SSSR count). The summed E-state index contributed by atoms with van der Waals surface area (Å²) in [5.74, 6) is 1.12. The maximum Gasteiger partial charge on any atom is 0.105 e. The second-order valence-corrected chi connectivity index (χ2v) is 3.20. The molecule has 0 spiro atoms. The van der Waals surface area contributed by atoms with Gasteiger partial charge in [0.05, 0.1) is 0 Å². The molecule has 0 aliphatic carbocycles. The first-order valence-corrected chi connectivity index (χ1v) is 4.04. The number of halogens is 1. The second kappa shape index (κ2) is 3.46. The van der Waals surface area contributed by atoms with Crippen LogP contribution in [0.1, 0.15) is 17.9 Å². The molecular formula is C8H14ClN3. The lowest BCUT2D eigenvalue weighted by molar-refractivity contribution is 0.465. The highest BCUT2D eigenvalue weighted by atomic mass is 35.5. The normalized spacial score (nSPS) is 21.3. The van der Waals surface area contributed by atoms with Gasteiger partial charge in [0, 0.05) is 30.9 Å². The number of hydrogen-bond donors (Lipinski definition) is 1. The molecule has 4 heteroatoms. The van der Waals surface area contributed by atoms with E-state index in [4.69, 9.17) is 5.73 Å². The summed E-state index contributed by atoms with van der Waals surface area (Å²) in [5.41, 5.74) is 7.11. The van der Waals surface area contributed by atoms with Crippen molar-refractivity contribution in [2.45, 2.75) is 32.4 Å².